The van der Waals surface area contributed by atoms with Crippen molar-refractivity contribution < 1.29 is 0 Å². The van der Waals surface area contributed by atoms with Gasteiger partial charge in [0.15, 0.2) is 5.82 Å². The van der Waals surface area contributed by atoms with E-state index < -0.39 is 0 Å². The molecule has 0 aliphatic heterocycles. The van der Waals surface area contributed by atoms with Gasteiger partial charge in [0.25, 0.3) is 0 Å². The first-order chi connectivity index (χ1) is 22.2. The normalized spacial score (nSPS) is 11.7. The van der Waals surface area contributed by atoms with Crippen molar-refractivity contribution in [1.29, 1.82) is 0 Å². The Balaban J connectivity index is 1.22. The molecule has 0 atom stereocenters. The lowest BCUT2D eigenvalue weighted by Gasteiger charge is -2.11. The molecule has 0 bridgehead atoms. The number of hydrogen-bond donors (Lipinski definition) is 0. The fourth-order valence-corrected chi connectivity index (χ4v) is 6.85. The van der Waals surface area contributed by atoms with Gasteiger partial charge >= 0.3 is 0 Å². The monoisotopic (exact) mass is 576 g/mol. The first-order valence-corrected chi connectivity index (χ1v) is 15.2. The molecule has 0 N–H and O–H groups in total. The minimum Gasteiger partial charge on any atom is -0.343 e. The van der Waals surface area contributed by atoms with Crippen LogP contribution < -0.4 is 0 Å². The molecule has 0 aliphatic carbocycles. The van der Waals surface area contributed by atoms with Gasteiger partial charge in [-0.2, -0.15) is 0 Å². The van der Waals surface area contributed by atoms with Crippen LogP contribution in [-0.4, -0.2) is 19.1 Å². The molecule has 9 rings (SSSR count). The highest BCUT2D eigenvalue weighted by atomic mass is 15.0. The molecule has 9 aromatic rings. The highest BCUT2D eigenvalue weighted by Crippen LogP contribution is 2.40. The molecular formula is C41H28N4. The Bertz CT molecular complexity index is 2460. The summed E-state index contributed by atoms with van der Waals surface area (Å²) in [6.07, 6.45) is 0. The standard InChI is InChI=1S/C41H28N4/c1-44-36-18-10-8-16-31(36)32-24-25-38-39(40(32)44)33-17-9-11-19-37(33)45(38)30-22-20-28(21-23-30)35-26-34(27-12-4-2-5-13-27)42-41(43-35)29-14-6-3-7-15-29/h2-26H,1H3. The van der Waals surface area contributed by atoms with Crippen LogP contribution in [0.3, 0.4) is 0 Å². The molecule has 4 heteroatoms. The number of para-hydroxylation sites is 2. The topological polar surface area (TPSA) is 35.6 Å². The molecule has 3 aromatic heterocycles. The van der Waals surface area contributed by atoms with Crippen molar-refractivity contribution in [3.05, 3.63) is 152 Å². The Labute approximate surface area is 260 Å². The second kappa shape index (κ2) is 10.0. The quantitative estimate of drug-likeness (QED) is 0.209. The molecule has 0 unspecified atom stereocenters. The molecule has 0 radical (unpaired) electrons. The van der Waals surface area contributed by atoms with Crippen LogP contribution in [0.5, 0.6) is 0 Å². The van der Waals surface area contributed by atoms with Crippen LogP contribution in [0, 0.1) is 0 Å². The van der Waals surface area contributed by atoms with Crippen molar-refractivity contribution in [2.75, 3.05) is 0 Å². The molecular weight excluding hydrogens is 548 g/mol. The summed E-state index contributed by atoms with van der Waals surface area (Å²) in [7, 11) is 2.18. The van der Waals surface area contributed by atoms with Crippen LogP contribution in [0.1, 0.15) is 0 Å². The number of aryl methyl sites for hydroxylation is 1. The lowest BCUT2D eigenvalue weighted by molar-refractivity contribution is 1.02. The zero-order chi connectivity index (χ0) is 29.9. The van der Waals surface area contributed by atoms with Crippen molar-refractivity contribution in [3.63, 3.8) is 0 Å². The largest absolute Gasteiger partial charge is 0.343 e. The third-order valence-electron chi connectivity index (χ3n) is 8.95. The third kappa shape index (κ3) is 4.00. The summed E-state index contributed by atoms with van der Waals surface area (Å²) in [5.74, 6) is 0.720. The molecule has 0 amide bonds. The van der Waals surface area contributed by atoms with Crippen LogP contribution >= 0.6 is 0 Å². The number of rotatable bonds is 4. The van der Waals surface area contributed by atoms with Crippen molar-refractivity contribution in [3.8, 4) is 39.6 Å². The number of hydrogen-bond acceptors (Lipinski definition) is 2. The van der Waals surface area contributed by atoms with Gasteiger partial charge in [-0.3, -0.25) is 0 Å². The van der Waals surface area contributed by atoms with Crippen molar-refractivity contribution >= 4 is 43.6 Å². The molecule has 0 saturated heterocycles. The Morgan fingerprint density at radius 1 is 0.444 bits per heavy atom. The Morgan fingerprint density at radius 3 is 1.73 bits per heavy atom. The Morgan fingerprint density at radius 2 is 1.02 bits per heavy atom. The van der Waals surface area contributed by atoms with E-state index in [1.54, 1.807) is 0 Å². The lowest BCUT2D eigenvalue weighted by atomic mass is 10.1. The molecule has 0 fully saturated rings. The van der Waals surface area contributed by atoms with Gasteiger partial charge in [-0.25, -0.2) is 9.97 Å². The van der Waals surface area contributed by atoms with Crippen molar-refractivity contribution in [1.82, 2.24) is 19.1 Å². The zero-order valence-corrected chi connectivity index (χ0v) is 24.7. The van der Waals surface area contributed by atoms with E-state index in [0.29, 0.717) is 0 Å². The van der Waals surface area contributed by atoms with Gasteiger partial charge in [0.1, 0.15) is 0 Å². The molecule has 0 saturated carbocycles. The fraction of sp³-hybridized carbons (Fsp3) is 0.0244. The van der Waals surface area contributed by atoms with Gasteiger partial charge in [0, 0.05) is 56.5 Å². The molecule has 45 heavy (non-hydrogen) atoms. The van der Waals surface area contributed by atoms with Gasteiger partial charge in [-0.05, 0) is 36.4 Å². The van der Waals surface area contributed by atoms with Gasteiger partial charge in [-0.1, -0.05) is 115 Å². The van der Waals surface area contributed by atoms with Crippen LogP contribution in [-0.2, 0) is 7.05 Å². The lowest BCUT2D eigenvalue weighted by Crippen LogP contribution is -1.97. The zero-order valence-electron chi connectivity index (χ0n) is 24.7. The minimum atomic E-state index is 0.720. The van der Waals surface area contributed by atoms with Crippen molar-refractivity contribution in [2.24, 2.45) is 7.05 Å². The first-order valence-electron chi connectivity index (χ1n) is 15.2. The van der Waals surface area contributed by atoms with Crippen LogP contribution in [0.2, 0.25) is 0 Å². The summed E-state index contributed by atoms with van der Waals surface area (Å²) in [6.45, 7) is 0. The minimum absolute atomic E-state index is 0.720. The summed E-state index contributed by atoms with van der Waals surface area (Å²) in [5.41, 5.74) is 10.9. The van der Waals surface area contributed by atoms with Crippen molar-refractivity contribution in [2.45, 2.75) is 0 Å². The maximum Gasteiger partial charge on any atom is 0.160 e. The smallest absolute Gasteiger partial charge is 0.160 e. The molecule has 3 heterocycles. The van der Waals surface area contributed by atoms with Crippen LogP contribution in [0.4, 0.5) is 0 Å². The maximum absolute atomic E-state index is 5.04. The molecule has 4 nitrogen and oxygen atoms in total. The fourth-order valence-electron chi connectivity index (χ4n) is 6.85. The van der Waals surface area contributed by atoms with E-state index in [1.165, 1.54) is 43.6 Å². The highest BCUT2D eigenvalue weighted by Gasteiger charge is 2.19. The van der Waals surface area contributed by atoms with E-state index in [9.17, 15) is 0 Å². The first kappa shape index (κ1) is 25.5. The van der Waals surface area contributed by atoms with Gasteiger partial charge in [0.2, 0.25) is 0 Å². The van der Waals surface area contributed by atoms with E-state index in [4.69, 9.17) is 9.97 Å². The van der Waals surface area contributed by atoms with E-state index in [2.05, 4.69) is 131 Å². The molecule has 0 spiro atoms. The second-order valence-electron chi connectivity index (χ2n) is 11.5. The van der Waals surface area contributed by atoms with Gasteiger partial charge in [0.05, 0.1) is 27.9 Å². The molecule has 212 valence electrons. The number of nitrogens with zero attached hydrogens (tertiary/aromatic N) is 4. The van der Waals surface area contributed by atoms with Crippen LogP contribution in [0.15, 0.2) is 152 Å². The van der Waals surface area contributed by atoms with E-state index in [0.717, 1.165) is 39.6 Å². The number of fused-ring (bicyclic) bond motifs is 7. The van der Waals surface area contributed by atoms with E-state index in [1.807, 2.05) is 36.4 Å². The highest BCUT2D eigenvalue weighted by molar-refractivity contribution is 6.25. The second-order valence-corrected chi connectivity index (χ2v) is 11.5. The molecule has 6 aromatic carbocycles. The van der Waals surface area contributed by atoms with Gasteiger partial charge in [-0.15, -0.1) is 0 Å². The summed E-state index contributed by atoms with van der Waals surface area (Å²) in [6, 6.07) is 53.3. The third-order valence-corrected chi connectivity index (χ3v) is 8.95. The van der Waals surface area contributed by atoms with Crippen LogP contribution in [0.25, 0.3) is 83.2 Å². The van der Waals surface area contributed by atoms with E-state index in [-0.39, 0.29) is 0 Å². The average molecular weight is 577 g/mol. The summed E-state index contributed by atoms with van der Waals surface area (Å²) >= 11 is 0. The summed E-state index contributed by atoms with van der Waals surface area (Å²) in [5, 5.41) is 5.10. The predicted molar refractivity (Wildman–Crippen MR) is 187 cm³/mol. The molecule has 0 aliphatic rings. The summed E-state index contributed by atoms with van der Waals surface area (Å²) < 4.78 is 4.73. The number of benzene rings is 6. The average Bonchev–Trinajstić information content (AvgIpc) is 3.61. The Hall–Kier alpha value is -6.00. The summed E-state index contributed by atoms with van der Waals surface area (Å²) in [4.78, 5) is 9.99. The van der Waals surface area contributed by atoms with Gasteiger partial charge < -0.3 is 9.13 Å². The maximum atomic E-state index is 5.04. The SMILES string of the molecule is Cn1c2ccccc2c2ccc3c(c4ccccc4n3-c3ccc(-c4cc(-c5ccccc5)nc(-c5ccccc5)n4)cc3)c21. The predicted octanol–water partition coefficient (Wildman–Crippen LogP) is 10.2. The van der Waals surface area contributed by atoms with E-state index >= 15 is 0 Å². The Kier molecular flexibility index (Phi) is 5.69. The number of aromatic nitrogens is 4.